The molecule has 4 heterocycles. The van der Waals surface area contributed by atoms with Crippen LogP contribution in [-0.2, 0) is 0 Å². The molecule has 2 aliphatic rings. The van der Waals surface area contributed by atoms with Crippen molar-refractivity contribution in [3.05, 3.63) is 41.0 Å². The van der Waals surface area contributed by atoms with Gasteiger partial charge in [-0.1, -0.05) is 30.3 Å². The van der Waals surface area contributed by atoms with Gasteiger partial charge in [-0.25, -0.2) is 4.98 Å². The van der Waals surface area contributed by atoms with Crippen LogP contribution in [0.15, 0.2) is 35.7 Å². The lowest BCUT2D eigenvalue weighted by Crippen LogP contribution is -2.38. The van der Waals surface area contributed by atoms with Crippen molar-refractivity contribution in [1.82, 2.24) is 14.9 Å². The third kappa shape index (κ3) is 4.65. The summed E-state index contributed by atoms with van der Waals surface area (Å²) < 4.78 is 0. The maximum absolute atomic E-state index is 6.58. The molecule has 32 heavy (non-hydrogen) atoms. The minimum atomic E-state index is 0.304. The molecule has 2 unspecified atom stereocenters. The topological polar surface area (TPSA) is 58.3 Å². The number of hydrogen-bond donors (Lipinski definition) is 1. The highest BCUT2D eigenvalue weighted by Gasteiger charge is 2.28. The minimum Gasteiger partial charge on any atom is -0.356 e. The van der Waals surface area contributed by atoms with Crippen molar-refractivity contribution in [1.29, 1.82) is 0 Å². The van der Waals surface area contributed by atoms with Gasteiger partial charge in [0.2, 0.25) is 5.28 Å². The second kappa shape index (κ2) is 9.64. The van der Waals surface area contributed by atoms with Gasteiger partial charge in [-0.2, -0.15) is 4.98 Å². The fourth-order valence-corrected chi connectivity index (χ4v) is 6.64. The fourth-order valence-electron chi connectivity index (χ4n) is 5.49. The fraction of sp³-hybridized carbons (Fsp3) is 0.520. The second-order valence-corrected chi connectivity index (χ2v) is 10.6. The molecule has 2 aliphatic heterocycles. The number of anilines is 1. The molecule has 2 fully saturated rings. The molecular formula is C25H32ClN5S. The molecule has 0 bridgehead atoms. The number of nitrogens with zero attached hydrogens (tertiary/aromatic N) is 4. The van der Waals surface area contributed by atoms with Crippen LogP contribution in [0.5, 0.6) is 0 Å². The molecule has 170 valence electrons. The Bertz CT molecular complexity index is 1050. The molecule has 1 aromatic carbocycles. The van der Waals surface area contributed by atoms with E-state index in [2.05, 4.69) is 51.5 Å². The van der Waals surface area contributed by atoms with E-state index in [1.165, 1.54) is 30.5 Å². The smallest absolute Gasteiger partial charge is 0.225 e. The van der Waals surface area contributed by atoms with Gasteiger partial charge >= 0.3 is 0 Å². The summed E-state index contributed by atoms with van der Waals surface area (Å²) in [5.41, 5.74) is 8.97. The Kier molecular flexibility index (Phi) is 6.65. The van der Waals surface area contributed by atoms with Crippen LogP contribution in [0.4, 0.5) is 5.82 Å². The third-order valence-electron chi connectivity index (χ3n) is 7.27. The lowest BCUT2D eigenvalue weighted by molar-refractivity contribution is 0.260. The van der Waals surface area contributed by atoms with Gasteiger partial charge in [0, 0.05) is 36.1 Å². The van der Waals surface area contributed by atoms with E-state index in [0.29, 0.717) is 23.3 Å². The van der Waals surface area contributed by atoms with Crippen molar-refractivity contribution in [3.8, 4) is 11.1 Å². The molecular weight excluding hydrogens is 438 g/mol. The molecule has 2 saturated heterocycles. The van der Waals surface area contributed by atoms with Crippen molar-refractivity contribution in [2.45, 2.75) is 50.6 Å². The first kappa shape index (κ1) is 22.1. The van der Waals surface area contributed by atoms with E-state index < -0.39 is 0 Å². The van der Waals surface area contributed by atoms with E-state index in [1.54, 1.807) is 11.3 Å². The van der Waals surface area contributed by atoms with Crippen LogP contribution >= 0.6 is 22.9 Å². The first-order valence-electron chi connectivity index (χ1n) is 11.8. The highest BCUT2D eigenvalue weighted by atomic mass is 35.5. The zero-order chi connectivity index (χ0) is 22.1. The zero-order valence-corrected chi connectivity index (χ0v) is 20.3. The molecule has 5 rings (SSSR count). The number of aromatic nitrogens is 2. The summed E-state index contributed by atoms with van der Waals surface area (Å²) in [5.74, 6) is 1.67. The molecule has 2 N–H and O–H groups in total. The summed E-state index contributed by atoms with van der Waals surface area (Å²) in [7, 11) is 2.24. The van der Waals surface area contributed by atoms with Crippen molar-refractivity contribution >= 4 is 39.0 Å². The number of hydrogen-bond acceptors (Lipinski definition) is 6. The summed E-state index contributed by atoms with van der Waals surface area (Å²) in [4.78, 5) is 15.1. The van der Waals surface area contributed by atoms with Crippen LogP contribution in [0.2, 0.25) is 5.28 Å². The first-order chi connectivity index (χ1) is 15.6. The van der Waals surface area contributed by atoms with Crippen molar-refractivity contribution < 1.29 is 0 Å². The average Bonchev–Trinajstić information content (AvgIpc) is 3.40. The SMILES string of the molecule is CN1CCCC1CC(N)CC1CCN(c2nc(Cl)nc3scc(-c4ccccc4)c23)CC1. The number of halogens is 1. The summed E-state index contributed by atoms with van der Waals surface area (Å²) in [5, 5.41) is 3.64. The summed E-state index contributed by atoms with van der Waals surface area (Å²) in [6.07, 6.45) is 7.19. The number of fused-ring (bicyclic) bond motifs is 1. The Labute approximate surface area is 199 Å². The number of thiophene rings is 1. The van der Waals surface area contributed by atoms with Crippen molar-refractivity contribution in [2.24, 2.45) is 11.7 Å². The lowest BCUT2D eigenvalue weighted by Gasteiger charge is -2.35. The predicted octanol–water partition coefficient (Wildman–Crippen LogP) is 5.43. The summed E-state index contributed by atoms with van der Waals surface area (Å²) in [6.45, 7) is 3.21. The largest absolute Gasteiger partial charge is 0.356 e. The van der Waals surface area contributed by atoms with E-state index in [9.17, 15) is 0 Å². The van der Waals surface area contributed by atoms with Crippen LogP contribution in [-0.4, -0.2) is 53.6 Å². The maximum atomic E-state index is 6.58. The lowest BCUT2D eigenvalue weighted by atomic mass is 9.88. The van der Waals surface area contributed by atoms with Gasteiger partial charge in [-0.05, 0) is 75.2 Å². The second-order valence-electron chi connectivity index (χ2n) is 9.45. The van der Waals surface area contributed by atoms with Crippen LogP contribution in [0.3, 0.4) is 0 Å². The molecule has 2 aromatic heterocycles. The molecule has 3 aromatic rings. The number of rotatable bonds is 6. The van der Waals surface area contributed by atoms with Crippen molar-refractivity contribution in [2.75, 3.05) is 31.6 Å². The quantitative estimate of drug-likeness (QED) is 0.488. The van der Waals surface area contributed by atoms with Gasteiger partial charge in [0.15, 0.2) is 0 Å². The molecule has 0 aliphatic carbocycles. The Morgan fingerprint density at radius 2 is 1.88 bits per heavy atom. The van der Waals surface area contributed by atoms with Gasteiger partial charge in [0.05, 0.1) is 5.39 Å². The molecule has 2 atom stereocenters. The predicted molar refractivity (Wildman–Crippen MR) is 136 cm³/mol. The zero-order valence-electron chi connectivity index (χ0n) is 18.7. The average molecular weight is 470 g/mol. The molecule has 0 amide bonds. The summed E-state index contributed by atoms with van der Waals surface area (Å²) >= 11 is 7.97. The molecule has 0 radical (unpaired) electrons. The Balaban J connectivity index is 1.29. The van der Waals surface area contributed by atoms with Crippen LogP contribution in [0.25, 0.3) is 21.3 Å². The van der Waals surface area contributed by atoms with E-state index in [1.807, 2.05) is 6.07 Å². The third-order valence-corrected chi connectivity index (χ3v) is 8.31. The van der Waals surface area contributed by atoms with Crippen LogP contribution in [0.1, 0.15) is 38.5 Å². The molecule has 7 heteroatoms. The summed E-state index contributed by atoms with van der Waals surface area (Å²) in [6, 6.07) is 11.5. The molecule has 0 spiro atoms. The van der Waals surface area contributed by atoms with Crippen molar-refractivity contribution in [3.63, 3.8) is 0 Å². The van der Waals surface area contributed by atoms with E-state index in [4.69, 9.17) is 22.3 Å². The minimum absolute atomic E-state index is 0.304. The maximum Gasteiger partial charge on any atom is 0.225 e. The van der Waals surface area contributed by atoms with Gasteiger partial charge < -0.3 is 15.5 Å². The Morgan fingerprint density at radius 3 is 2.59 bits per heavy atom. The van der Waals surface area contributed by atoms with E-state index >= 15 is 0 Å². The van der Waals surface area contributed by atoms with Gasteiger partial charge in [-0.15, -0.1) is 11.3 Å². The van der Waals surface area contributed by atoms with Crippen LogP contribution < -0.4 is 10.6 Å². The van der Waals surface area contributed by atoms with E-state index in [0.717, 1.165) is 54.8 Å². The van der Waals surface area contributed by atoms with Gasteiger partial charge in [-0.3, -0.25) is 0 Å². The van der Waals surface area contributed by atoms with E-state index in [-0.39, 0.29) is 0 Å². The number of likely N-dealkylation sites (tertiary alicyclic amines) is 1. The standard InChI is InChI=1S/C25H32ClN5S/c1-30-11-5-8-20(30)15-19(27)14-17-9-12-31(13-10-17)23-22-21(18-6-3-2-4-7-18)16-32-24(22)29-25(26)28-23/h2-4,6-7,16-17,19-20H,5,8-15,27H2,1H3. The Hall–Kier alpha value is -1.73. The number of nitrogens with two attached hydrogens (primary N) is 1. The van der Waals surface area contributed by atoms with Crippen LogP contribution in [0, 0.1) is 5.92 Å². The molecule has 5 nitrogen and oxygen atoms in total. The highest BCUT2D eigenvalue weighted by Crippen LogP contribution is 2.40. The van der Waals surface area contributed by atoms with Gasteiger partial charge in [0.1, 0.15) is 10.6 Å². The highest BCUT2D eigenvalue weighted by molar-refractivity contribution is 7.17. The monoisotopic (exact) mass is 469 g/mol. The molecule has 0 saturated carbocycles. The van der Waals surface area contributed by atoms with Gasteiger partial charge in [0.25, 0.3) is 0 Å². The number of piperidine rings is 1. The first-order valence-corrected chi connectivity index (χ1v) is 13.0. The normalized spacial score (nSPS) is 21.5. The Morgan fingerprint density at radius 1 is 1.09 bits per heavy atom. The number of benzene rings is 1.